The van der Waals surface area contributed by atoms with E-state index in [-0.39, 0.29) is 11.5 Å². The molecule has 0 heterocycles. The van der Waals surface area contributed by atoms with Gasteiger partial charge in [-0.25, -0.2) is 4.79 Å². The summed E-state index contributed by atoms with van der Waals surface area (Å²) in [5, 5.41) is 58.4. The van der Waals surface area contributed by atoms with Crippen LogP contribution in [0.5, 0.6) is 0 Å². The number of carboxylic acid groups (broad SMARTS) is 1. The zero-order valence-electron chi connectivity index (χ0n) is 21.1. The first-order valence-electron chi connectivity index (χ1n) is 11.4. The maximum atomic E-state index is 12.7. The third kappa shape index (κ3) is 11.9. The molecule has 0 aliphatic carbocycles. The first-order valence-corrected chi connectivity index (χ1v) is 12.7. The predicted molar refractivity (Wildman–Crippen MR) is 141 cm³/mol. The summed E-state index contributed by atoms with van der Waals surface area (Å²) in [6, 6.07) is -9.31. The van der Waals surface area contributed by atoms with E-state index in [1.165, 1.54) is 6.92 Å². The van der Waals surface area contributed by atoms with Crippen molar-refractivity contribution >= 4 is 60.8 Å². The molecule has 0 aliphatic rings. The predicted octanol–water partition coefficient (Wildman–Crippen LogP) is -6.57. The summed E-state index contributed by atoms with van der Waals surface area (Å²) in [6.45, 7) is 0.275. The minimum atomic E-state index is -1.77. The highest BCUT2D eigenvalue weighted by Crippen LogP contribution is 2.01. The number of hydrogen-bond donors (Lipinski definition) is 13. The van der Waals surface area contributed by atoms with Crippen LogP contribution in [0.25, 0.3) is 0 Å². The van der Waals surface area contributed by atoms with Crippen LogP contribution in [-0.4, -0.2) is 134 Å². The van der Waals surface area contributed by atoms with Gasteiger partial charge in [0.2, 0.25) is 29.5 Å². The molecule has 8 atom stereocenters. The lowest BCUT2D eigenvalue weighted by atomic mass is 10.1. The minimum absolute atomic E-state index is 0.0709. The van der Waals surface area contributed by atoms with Gasteiger partial charge in [0.05, 0.1) is 31.5 Å². The van der Waals surface area contributed by atoms with Gasteiger partial charge in [0.25, 0.3) is 0 Å². The normalized spacial score (nSPS) is 17.2. The molecule has 0 aromatic heterocycles. The number of rotatable bonds is 17. The quantitative estimate of drug-likeness (QED) is 0.0694. The Morgan fingerprint density at radius 2 is 1.00 bits per heavy atom. The van der Waals surface area contributed by atoms with Crippen molar-refractivity contribution in [2.75, 3.05) is 24.7 Å². The molecule has 0 rings (SSSR count). The fraction of sp³-hybridized carbons (Fsp3) is 0.700. The monoisotopic (exact) mass is 600 g/mol. The number of carbonyl (C=O) groups excluding carboxylic acids is 5. The number of aliphatic hydroxyl groups is 4. The lowest BCUT2D eigenvalue weighted by Crippen LogP contribution is -2.63. The molecule has 0 saturated carbocycles. The molecule has 0 spiro atoms. The number of aliphatic hydroxyl groups excluding tert-OH is 4. The number of nitrogens with two attached hydrogens (primary N) is 1. The third-order valence-corrected chi connectivity index (χ3v) is 5.85. The van der Waals surface area contributed by atoms with Crippen LogP contribution in [0, 0.1) is 0 Å². The van der Waals surface area contributed by atoms with Crippen molar-refractivity contribution in [2.24, 2.45) is 5.73 Å². The summed E-state index contributed by atoms with van der Waals surface area (Å²) in [7, 11) is 0. The zero-order valence-corrected chi connectivity index (χ0v) is 22.9. The Bertz CT molecular complexity index is 879. The van der Waals surface area contributed by atoms with Crippen molar-refractivity contribution in [1.82, 2.24) is 26.6 Å². The number of nitrogens with one attached hydrogen (secondary N) is 5. The van der Waals surface area contributed by atoms with Crippen molar-refractivity contribution in [3.05, 3.63) is 0 Å². The Hall–Kier alpha value is -2.68. The molecule has 17 nitrogen and oxygen atoms in total. The summed E-state index contributed by atoms with van der Waals surface area (Å²) < 4.78 is 0. The Balaban J connectivity index is 5.50. The van der Waals surface area contributed by atoms with Crippen LogP contribution in [0.3, 0.4) is 0 Å². The Kier molecular flexibility index (Phi) is 16.6. The van der Waals surface area contributed by atoms with Crippen LogP contribution in [0.2, 0.25) is 0 Å². The zero-order chi connectivity index (χ0) is 30.4. The smallest absolute Gasteiger partial charge is 0.327 e. The van der Waals surface area contributed by atoms with E-state index in [0.29, 0.717) is 0 Å². The molecule has 0 aromatic rings. The number of carbonyl (C=O) groups is 6. The molecular weight excluding hydrogens is 564 g/mol. The maximum absolute atomic E-state index is 12.7. The highest BCUT2D eigenvalue weighted by Gasteiger charge is 2.34. The lowest BCUT2D eigenvalue weighted by molar-refractivity contribution is -0.142. The van der Waals surface area contributed by atoms with E-state index < -0.39 is 97.2 Å². The summed E-state index contributed by atoms with van der Waals surface area (Å²) in [5.74, 6) is -7.15. The topological polar surface area (TPSA) is 290 Å². The standard InChI is InChI=1S/C20H36N6O11S2/c1-7(29)13(25-15(31)9(21)5-38)18(34)23-11(4-28)17(33)26-14(8(2)30)19(35)22-10(3-27)16(32)24-12(6-39)20(36)37/h7-14,27-30,38-39H,3-6,21H2,1-2H3,(H,22,35)(H,23,34)(H,24,32)(H,25,31)(H,26,33)(H,36,37)/t7-,8-,9+,10+,11+,12+,13+,14+/m1/s1. The van der Waals surface area contributed by atoms with Crippen LogP contribution in [-0.2, 0) is 28.8 Å². The van der Waals surface area contributed by atoms with Gasteiger partial charge in [-0.1, -0.05) is 0 Å². The summed E-state index contributed by atoms with van der Waals surface area (Å²) >= 11 is 7.64. The number of amides is 5. The molecule has 39 heavy (non-hydrogen) atoms. The average molecular weight is 601 g/mol. The Morgan fingerprint density at radius 1 is 0.641 bits per heavy atom. The fourth-order valence-corrected chi connectivity index (χ4v) is 3.19. The molecule has 19 heteroatoms. The molecule has 0 bridgehead atoms. The maximum Gasteiger partial charge on any atom is 0.327 e. The van der Waals surface area contributed by atoms with Gasteiger partial charge in [0.15, 0.2) is 0 Å². The van der Waals surface area contributed by atoms with E-state index in [0.717, 1.165) is 6.92 Å². The molecule has 5 amide bonds. The largest absolute Gasteiger partial charge is 0.480 e. The molecule has 0 fully saturated rings. The average Bonchev–Trinajstić information content (AvgIpc) is 2.88. The van der Waals surface area contributed by atoms with E-state index in [9.17, 15) is 49.2 Å². The Labute approximate surface area is 234 Å². The van der Waals surface area contributed by atoms with Crippen LogP contribution in [0.15, 0.2) is 0 Å². The first-order chi connectivity index (χ1) is 18.1. The van der Waals surface area contributed by atoms with Crippen LogP contribution in [0.1, 0.15) is 13.8 Å². The van der Waals surface area contributed by atoms with Crippen LogP contribution < -0.4 is 32.3 Å². The summed E-state index contributed by atoms with van der Waals surface area (Å²) in [6.07, 6.45) is -3.05. The SMILES string of the molecule is C[C@@H](O)[C@H](NC(=O)[C@H](CO)NC(=O)[C@@H](NC(=O)[C@@H](N)CS)[C@@H](C)O)C(=O)N[C@@H](CO)C(=O)N[C@@H](CS)C(=O)O. The van der Waals surface area contributed by atoms with Gasteiger partial charge in [0.1, 0.15) is 30.2 Å². The highest BCUT2D eigenvalue weighted by molar-refractivity contribution is 7.80. The van der Waals surface area contributed by atoms with Gasteiger partial charge in [0, 0.05) is 11.5 Å². The summed E-state index contributed by atoms with van der Waals surface area (Å²) in [4.78, 5) is 73.3. The van der Waals surface area contributed by atoms with Crippen molar-refractivity contribution in [3.63, 3.8) is 0 Å². The van der Waals surface area contributed by atoms with E-state index in [2.05, 4.69) is 41.2 Å². The van der Waals surface area contributed by atoms with E-state index in [1.54, 1.807) is 0 Å². The molecule has 0 aromatic carbocycles. The van der Waals surface area contributed by atoms with Crippen molar-refractivity contribution in [3.8, 4) is 0 Å². The van der Waals surface area contributed by atoms with Gasteiger partial charge in [-0.15, -0.1) is 0 Å². The van der Waals surface area contributed by atoms with E-state index in [4.69, 9.17) is 10.8 Å². The third-order valence-electron chi connectivity index (χ3n) is 5.09. The van der Waals surface area contributed by atoms with Crippen molar-refractivity contribution in [1.29, 1.82) is 0 Å². The van der Waals surface area contributed by atoms with Crippen molar-refractivity contribution < 1.29 is 54.3 Å². The van der Waals surface area contributed by atoms with Gasteiger partial charge in [-0.05, 0) is 13.8 Å². The van der Waals surface area contributed by atoms with Gasteiger partial charge in [-0.2, -0.15) is 25.3 Å². The molecule has 0 aliphatic heterocycles. The molecule has 0 saturated heterocycles. The number of thiol groups is 2. The second kappa shape index (κ2) is 17.8. The van der Waals surface area contributed by atoms with Crippen molar-refractivity contribution in [2.45, 2.75) is 62.3 Å². The van der Waals surface area contributed by atoms with Gasteiger partial charge >= 0.3 is 5.97 Å². The number of aliphatic carboxylic acids is 1. The summed E-state index contributed by atoms with van der Waals surface area (Å²) in [5.41, 5.74) is 5.52. The number of carboxylic acids is 1. The molecule has 0 unspecified atom stereocenters. The molecule has 0 radical (unpaired) electrons. The highest BCUT2D eigenvalue weighted by atomic mass is 32.1. The van der Waals surface area contributed by atoms with Crippen LogP contribution >= 0.6 is 25.3 Å². The fourth-order valence-electron chi connectivity index (χ4n) is 2.78. The number of hydrogen-bond acceptors (Lipinski definition) is 13. The van der Waals surface area contributed by atoms with E-state index >= 15 is 0 Å². The van der Waals surface area contributed by atoms with E-state index in [1.807, 2.05) is 10.6 Å². The minimum Gasteiger partial charge on any atom is -0.480 e. The molecular formula is C20H36N6O11S2. The Morgan fingerprint density at radius 3 is 1.31 bits per heavy atom. The lowest BCUT2D eigenvalue weighted by Gasteiger charge is -2.27. The first kappa shape index (κ1) is 36.3. The molecule has 224 valence electrons. The second-order valence-corrected chi connectivity index (χ2v) is 9.04. The van der Waals surface area contributed by atoms with Gasteiger partial charge in [-0.3, -0.25) is 24.0 Å². The van der Waals surface area contributed by atoms with Crippen LogP contribution in [0.4, 0.5) is 0 Å². The van der Waals surface area contributed by atoms with Gasteiger partial charge < -0.3 is 57.9 Å². The second-order valence-electron chi connectivity index (χ2n) is 8.31. The molecule has 12 N–H and O–H groups in total.